The van der Waals surface area contributed by atoms with E-state index in [1.807, 2.05) is 6.92 Å². The Bertz CT molecular complexity index is 174. The fourth-order valence-corrected chi connectivity index (χ4v) is 1.18. The molecule has 0 bridgehead atoms. The van der Waals surface area contributed by atoms with E-state index in [9.17, 15) is 4.39 Å². The molecule has 0 radical (unpaired) electrons. The van der Waals surface area contributed by atoms with E-state index in [0.717, 1.165) is 13.0 Å². The molecule has 2 unspecified atom stereocenters. The number of halogens is 1. The van der Waals surface area contributed by atoms with Gasteiger partial charge in [0, 0.05) is 12.6 Å². The van der Waals surface area contributed by atoms with Crippen LogP contribution >= 0.6 is 0 Å². The van der Waals surface area contributed by atoms with Crippen LogP contribution in [0.5, 0.6) is 0 Å². The minimum absolute atomic E-state index is 0.0591. The van der Waals surface area contributed by atoms with E-state index in [-0.39, 0.29) is 6.04 Å². The molecule has 1 nitrogen and oxygen atoms in total. The van der Waals surface area contributed by atoms with Gasteiger partial charge in [0.1, 0.15) is 6.17 Å². The highest BCUT2D eigenvalue weighted by molar-refractivity contribution is 5.09. The lowest BCUT2D eigenvalue weighted by molar-refractivity contribution is 0.299. The minimum atomic E-state index is -0.917. The molecule has 1 heterocycles. The molecule has 2 atom stereocenters. The van der Waals surface area contributed by atoms with Gasteiger partial charge in [-0.1, -0.05) is 17.7 Å². The van der Waals surface area contributed by atoms with Crippen LogP contribution in [0.25, 0.3) is 0 Å². The van der Waals surface area contributed by atoms with E-state index in [4.69, 9.17) is 0 Å². The van der Waals surface area contributed by atoms with Crippen molar-refractivity contribution in [2.24, 2.45) is 0 Å². The second-order valence-corrected chi connectivity index (χ2v) is 2.95. The molecule has 0 aromatic heterocycles. The minimum Gasteiger partial charge on any atom is -0.307 e. The maximum atomic E-state index is 12.9. The zero-order valence-electron chi connectivity index (χ0n) is 6.81. The van der Waals surface area contributed by atoms with Crippen LogP contribution in [0.4, 0.5) is 4.39 Å². The molecule has 0 amide bonds. The molecule has 0 fully saturated rings. The Kier molecular flexibility index (Phi) is 2.83. The summed E-state index contributed by atoms with van der Waals surface area (Å²) in [5, 5.41) is 3.10. The van der Waals surface area contributed by atoms with Gasteiger partial charge in [-0.15, -0.1) is 6.58 Å². The highest BCUT2D eigenvalue weighted by Crippen LogP contribution is 2.11. The third kappa shape index (κ3) is 2.15. The topological polar surface area (TPSA) is 12.0 Å². The van der Waals surface area contributed by atoms with Gasteiger partial charge in [0.15, 0.2) is 0 Å². The maximum Gasteiger partial charge on any atom is 0.134 e. The molecule has 0 spiro atoms. The average Bonchev–Trinajstić information content (AvgIpc) is 2.05. The summed E-state index contributed by atoms with van der Waals surface area (Å²) in [6.07, 6.45) is 3.29. The van der Waals surface area contributed by atoms with E-state index in [1.165, 1.54) is 11.6 Å². The Balaban J connectivity index is 2.46. The number of rotatable bonds is 2. The third-order valence-corrected chi connectivity index (χ3v) is 1.97. The van der Waals surface area contributed by atoms with E-state index < -0.39 is 6.17 Å². The Morgan fingerprint density at radius 3 is 3.09 bits per heavy atom. The number of nitrogens with one attached hydrogen (secondary N) is 1. The van der Waals surface area contributed by atoms with Crippen LogP contribution in [0.1, 0.15) is 13.3 Å². The Morgan fingerprint density at radius 2 is 2.64 bits per heavy atom. The van der Waals surface area contributed by atoms with Crippen molar-refractivity contribution >= 4 is 0 Å². The highest BCUT2D eigenvalue weighted by Gasteiger charge is 2.18. The zero-order chi connectivity index (χ0) is 8.27. The summed E-state index contributed by atoms with van der Waals surface area (Å²) in [7, 11) is 0. The molecule has 0 aliphatic carbocycles. The molecule has 1 aliphatic rings. The molecule has 0 saturated carbocycles. The lowest BCUT2D eigenvalue weighted by atomic mass is 10.0. The van der Waals surface area contributed by atoms with Crippen LogP contribution in [0.2, 0.25) is 0 Å². The highest BCUT2D eigenvalue weighted by atomic mass is 19.1. The van der Waals surface area contributed by atoms with E-state index in [0.29, 0.717) is 0 Å². The normalized spacial score (nSPS) is 27.5. The Hall–Kier alpha value is -0.630. The molecule has 0 saturated heterocycles. The largest absolute Gasteiger partial charge is 0.307 e. The molecule has 11 heavy (non-hydrogen) atoms. The van der Waals surface area contributed by atoms with Crippen molar-refractivity contribution in [3.05, 3.63) is 24.3 Å². The molecular weight excluding hydrogens is 141 g/mol. The van der Waals surface area contributed by atoms with Crippen LogP contribution < -0.4 is 5.32 Å². The molecule has 0 aromatic rings. The summed E-state index contributed by atoms with van der Waals surface area (Å²) in [4.78, 5) is 0. The smallest absolute Gasteiger partial charge is 0.134 e. The summed E-state index contributed by atoms with van der Waals surface area (Å²) in [6, 6.07) is -0.0591. The SMILES string of the molecule is C=CC(F)C1CC=C(C)CN1. The average molecular weight is 155 g/mol. The van der Waals surface area contributed by atoms with Crippen LogP contribution in [-0.2, 0) is 0 Å². The van der Waals surface area contributed by atoms with Crippen LogP contribution in [-0.4, -0.2) is 18.8 Å². The van der Waals surface area contributed by atoms with Crippen LogP contribution in [0, 0.1) is 0 Å². The number of hydrogen-bond donors (Lipinski definition) is 1. The van der Waals surface area contributed by atoms with Crippen molar-refractivity contribution in [2.75, 3.05) is 6.54 Å². The second kappa shape index (κ2) is 3.67. The summed E-state index contributed by atoms with van der Waals surface area (Å²) < 4.78 is 12.9. The lowest BCUT2D eigenvalue weighted by Crippen LogP contribution is -2.39. The Morgan fingerprint density at radius 1 is 1.91 bits per heavy atom. The van der Waals surface area contributed by atoms with E-state index in [1.54, 1.807) is 0 Å². The van der Waals surface area contributed by atoms with Gasteiger partial charge in [-0.05, 0) is 13.3 Å². The first-order valence-electron chi connectivity index (χ1n) is 3.89. The first kappa shape index (κ1) is 8.47. The summed E-state index contributed by atoms with van der Waals surface area (Å²) in [5.74, 6) is 0. The van der Waals surface area contributed by atoms with Crippen LogP contribution in [0.3, 0.4) is 0 Å². The van der Waals surface area contributed by atoms with E-state index >= 15 is 0 Å². The molecule has 2 heteroatoms. The first-order valence-corrected chi connectivity index (χ1v) is 3.89. The second-order valence-electron chi connectivity index (χ2n) is 2.95. The van der Waals surface area contributed by atoms with Gasteiger partial charge in [0.25, 0.3) is 0 Å². The monoisotopic (exact) mass is 155 g/mol. The zero-order valence-corrected chi connectivity index (χ0v) is 6.81. The van der Waals surface area contributed by atoms with Crippen molar-refractivity contribution in [1.29, 1.82) is 0 Å². The van der Waals surface area contributed by atoms with Gasteiger partial charge < -0.3 is 5.32 Å². The van der Waals surface area contributed by atoms with Crippen molar-refractivity contribution < 1.29 is 4.39 Å². The molecule has 62 valence electrons. The van der Waals surface area contributed by atoms with Gasteiger partial charge in [0.2, 0.25) is 0 Å². The van der Waals surface area contributed by atoms with Crippen LogP contribution in [0.15, 0.2) is 24.3 Å². The predicted octanol–water partition coefficient (Wildman–Crippen LogP) is 1.82. The molecule has 1 rings (SSSR count). The van der Waals surface area contributed by atoms with Crippen molar-refractivity contribution in [1.82, 2.24) is 5.32 Å². The fraction of sp³-hybridized carbons (Fsp3) is 0.556. The summed E-state index contributed by atoms with van der Waals surface area (Å²) in [6.45, 7) is 6.27. The first-order chi connectivity index (χ1) is 5.24. The molecule has 1 N–H and O–H groups in total. The van der Waals surface area contributed by atoms with Gasteiger partial charge in [-0.2, -0.15) is 0 Å². The fourth-order valence-electron chi connectivity index (χ4n) is 1.18. The standard InChI is InChI=1S/C9H14FN/c1-3-8(10)9-5-4-7(2)6-11-9/h3-4,8-9,11H,1,5-6H2,2H3. The maximum absolute atomic E-state index is 12.9. The molecular formula is C9H14FN. The summed E-state index contributed by atoms with van der Waals surface area (Å²) >= 11 is 0. The van der Waals surface area contributed by atoms with Crippen molar-refractivity contribution in [3.8, 4) is 0 Å². The predicted molar refractivity (Wildman–Crippen MR) is 45.3 cm³/mol. The Labute approximate surface area is 67.0 Å². The quantitative estimate of drug-likeness (QED) is 0.600. The lowest BCUT2D eigenvalue weighted by Gasteiger charge is -2.23. The van der Waals surface area contributed by atoms with Crippen molar-refractivity contribution in [2.45, 2.75) is 25.6 Å². The molecule has 0 aromatic carbocycles. The summed E-state index contributed by atoms with van der Waals surface area (Å²) in [5.41, 5.74) is 1.29. The van der Waals surface area contributed by atoms with E-state index in [2.05, 4.69) is 18.0 Å². The van der Waals surface area contributed by atoms with Crippen molar-refractivity contribution in [3.63, 3.8) is 0 Å². The number of alkyl halides is 1. The number of hydrogen-bond acceptors (Lipinski definition) is 1. The van der Waals surface area contributed by atoms with Gasteiger partial charge in [0.05, 0.1) is 0 Å². The van der Waals surface area contributed by atoms with Gasteiger partial charge in [-0.25, -0.2) is 4.39 Å². The third-order valence-electron chi connectivity index (χ3n) is 1.97. The molecule has 1 aliphatic heterocycles. The van der Waals surface area contributed by atoms with Gasteiger partial charge >= 0.3 is 0 Å². The van der Waals surface area contributed by atoms with Gasteiger partial charge in [-0.3, -0.25) is 0 Å².